The van der Waals surface area contributed by atoms with Crippen LogP contribution in [0.15, 0.2) is 12.2 Å². The fourth-order valence-electron chi connectivity index (χ4n) is 1.10. The molecule has 0 aliphatic heterocycles. The van der Waals surface area contributed by atoms with Crippen LogP contribution in [-0.4, -0.2) is 22.4 Å². The van der Waals surface area contributed by atoms with Crippen molar-refractivity contribution in [3.63, 3.8) is 0 Å². The summed E-state index contributed by atoms with van der Waals surface area (Å²) < 4.78 is 0. The first-order valence-electron chi connectivity index (χ1n) is 4.90. The second-order valence-electron chi connectivity index (χ2n) is 4.36. The number of rotatable bonds is 5. The molecule has 2 heteroatoms. The molecule has 0 aromatic carbocycles. The smallest absolute Gasteiger partial charge is 0.0771 e. The summed E-state index contributed by atoms with van der Waals surface area (Å²) in [4.78, 5) is 0. The summed E-state index contributed by atoms with van der Waals surface area (Å²) in [5, 5.41) is 19.2. The lowest BCUT2D eigenvalue weighted by atomic mass is 9.92. The highest BCUT2D eigenvalue weighted by Gasteiger charge is 2.17. The van der Waals surface area contributed by atoms with Crippen molar-refractivity contribution in [2.45, 2.75) is 46.3 Å². The third-order valence-electron chi connectivity index (χ3n) is 2.29. The van der Waals surface area contributed by atoms with Crippen molar-refractivity contribution >= 4 is 0 Å². The molecule has 0 spiro atoms. The van der Waals surface area contributed by atoms with Gasteiger partial charge in [-0.1, -0.05) is 34.3 Å². The largest absolute Gasteiger partial charge is 0.393 e. The van der Waals surface area contributed by atoms with Gasteiger partial charge in [0.2, 0.25) is 0 Å². The highest BCUT2D eigenvalue weighted by Crippen LogP contribution is 2.18. The van der Waals surface area contributed by atoms with E-state index in [-0.39, 0.29) is 17.9 Å². The molecule has 0 aromatic heterocycles. The van der Waals surface area contributed by atoms with Gasteiger partial charge in [-0.3, -0.25) is 0 Å². The van der Waals surface area contributed by atoms with Crippen molar-refractivity contribution in [2.24, 2.45) is 11.8 Å². The SMILES string of the molecule is C=C(C[C@H](O)C(C)C)[C@H](O)C(C)C. The minimum atomic E-state index is -0.492. The van der Waals surface area contributed by atoms with E-state index in [1.807, 2.05) is 27.7 Å². The zero-order valence-electron chi connectivity index (χ0n) is 9.12. The first-order valence-corrected chi connectivity index (χ1v) is 4.90. The Bertz CT molecular complexity index is 161. The van der Waals surface area contributed by atoms with E-state index in [4.69, 9.17) is 0 Å². The molecule has 0 heterocycles. The van der Waals surface area contributed by atoms with E-state index >= 15 is 0 Å². The lowest BCUT2D eigenvalue weighted by Crippen LogP contribution is -2.23. The molecule has 0 aliphatic carbocycles. The summed E-state index contributed by atoms with van der Waals surface area (Å²) in [5.41, 5.74) is 0.733. The lowest BCUT2D eigenvalue weighted by molar-refractivity contribution is 0.103. The molecule has 13 heavy (non-hydrogen) atoms. The zero-order chi connectivity index (χ0) is 10.6. The molecule has 0 fully saturated rings. The van der Waals surface area contributed by atoms with E-state index in [1.165, 1.54) is 0 Å². The standard InChI is InChI=1S/C11H22O2/c1-7(2)10(12)6-9(5)11(13)8(3)4/h7-8,10-13H,5-6H2,1-4H3/t10-,11+/m0/s1. The van der Waals surface area contributed by atoms with E-state index in [0.717, 1.165) is 5.57 Å². The molecule has 0 saturated heterocycles. The summed E-state index contributed by atoms with van der Waals surface area (Å²) in [6.45, 7) is 11.6. The Labute approximate surface area is 81.3 Å². The van der Waals surface area contributed by atoms with E-state index in [2.05, 4.69) is 6.58 Å². The minimum Gasteiger partial charge on any atom is -0.393 e. The Kier molecular flexibility index (Phi) is 5.26. The van der Waals surface area contributed by atoms with Crippen LogP contribution in [0.2, 0.25) is 0 Å². The van der Waals surface area contributed by atoms with Gasteiger partial charge in [0.1, 0.15) is 0 Å². The van der Waals surface area contributed by atoms with Crippen molar-refractivity contribution in [3.05, 3.63) is 12.2 Å². The van der Waals surface area contributed by atoms with Gasteiger partial charge in [0.25, 0.3) is 0 Å². The molecular weight excluding hydrogens is 164 g/mol. The maximum atomic E-state index is 9.61. The second-order valence-corrected chi connectivity index (χ2v) is 4.36. The van der Waals surface area contributed by atoms with Gasteiger partial charge >= 0.3 is 0 Å². The van der Waals surface area contributed by atoms with Crippen LogP contribution in [0.5, 0.6) is 0 Å². The van der Waals surface area contributed by atoms with Gasteiger partial charge in [-0.05, 0) is 23.8 Å². The molecule has 0 saturated carbocycles. The molecule has 2 atom stereocenters. The van der Waals surface area contributed by atoms with Crippen LogP contribution in [0.25, 0.3) is 0 Å². The highest BCUT2D eigenvalue weighted by atomic mass is 16.3. The normalized spacial score (nSPS) is 16.3. The van der Waals surface area contributed by atoms with Crippen LogP contribution in [0.1, 0.15) is 34.1 Å². The third-order valence-corrected chi connectivity index (χ3v) is 2.29. The lowest BCUT2D eigenvalue weighted by Gasteiger charge is -2.21. The number of aliphatic hydroxyl groups excluding tert-OH is 2. The van der Waals surface area contributed by atoms with Crippen molar-refractivity contribution in [3.8, 4) is 0 Å². The summed E-state index contributed by atoms with van der Waals surface area (Å²) in [6, 6.07) is 0. The van der Waals surface area contributed by atoms with E-state index in [0.29, 0.717) is 6.42 Å². The van der Waals surface area contributed by atoms with Crippen molar-refractivity contribution in [1.82, 2.24) is 0 Å². The van der Waals surface area contributed by atoms with Crippen LogP contribution in [0.3, 0.4) is 0 Å². The topological polar surface area (TPSA) is 40.5 Å². The van der Waals surface area contributed by atoms with Gasteiger partial charge in [-0.25, -0.2) is 0 Å². The monoisotopic (exact) mass is 186 g/mol. The van der Waals surface area contributed by atoms with Gasteiger partial charge in [0.15, 0.2) is 0 Å². The molecule has 0 rings (SSSR count). The van der Waals surface area contributed by atoms with Crippen LogP contribution in [0.4, 0.5) is 0 Å². The molecular formula is C11H22O2. The van der Waals surface area contributed by atoms with E-state index in [1.54, 1.807) is 0 Å². The van der Waals surface area contributed by atoms with Gasteiger partial charge in [-0.15, -0.1) is 0 Å². The molecule has 2 nitrogen and oxygen atoms in total. The van der Waals surface area contributed by atoms with Crippen LogP contribution in [-0.2, 0) is 0 Å². The summed E-state index contributed by atoms with van der Waals surface area (Å²) in [7, 11) is 0. The molecule has 2 N–H and O–H groups in total. The Morgan fingerprint density at radius 3 is 1.85 bits per heavy atom. The zero-order valence-corrected chi connectivity index (χ0v) is 9.12. The van der Waals surface area contributed by atoms with Crippen molar-refractivity contribution in [1.29, 1.82) is 0 Å². The Morgan fingerprint density at radius 1 is 1.08 bits per heavy atom. The predicted octanol–water partition coefficient (Wildman–Crippen LogP) is 1.97. The molecule has 78 valence electrons. The first kappa shape index (κ1) is 12.7. The molecule has 0 bridgehead atoms. The van der Waals surface area contributed by atoms with Crippen LogP contribution < -0.4 is 0 Å². The number of aliphatic hydroxyl groups is 2. The van der Waals surface area contributed by atoms with Crippen molar-refractivity contribution in [2.75, 3.05) is 0 Å². The molecule has 0 amide bonds. The molecule has 0 unspecified atom stereocenters. The molecule has 0 aromatic rings. The maximum Gasteiger partial charge on any atom is 0.0771 e. The van der Waals surface area contributed by atoms with Gasteiger partial charge in [0, 0.05) is 0 Å². The van der Waals surface area contributed by atoms with E-state index < -0.39 is 6.10 Å². The van der Waals surface area contributed by atoms with E-state index in [9.17, 15) is 10.2 Å². The van der Waals surface area contributed by atoms with Gasteiger partial charge in [-0.2, -0.15) is 0 Å². The maximum absolute atomic E-state index is 9.61. The Balaban J connectivity index is 4.00. The highest BCUT2D eigenvalue weighted by molar-refractivity contribution is 5.04. The first-order chi connectivity index (χ1) is 5.86. The minimum absolute atomic E-state index is 0.173. The Morgan fingerprint density at radius 2 is 1.54 bits per heavy atom. The summed E-state index contributed by atoms with van der Waals surface area (Å²) >= 11 is 0. The quantitative estimate of drug-likeness (QED) is 0.644. The fraction of sp³-hybridized carbons (Fsp3) is 0.818. The fourth-order valence-corrected chi connectivity index (χ4v) is 1.10. The Hall–Kier alpha value is -0.340. The van der Waals surface area contributed by atoms with Crippen LogP contribution >= 0.6 is 0 Å². The number of hydrogen-bond donors (Lipinski definition) is 2. The third kappa shape index (κ3) is 4.44. The molecule has 0 aliphatic rings. The average Bonchev–Trinajstić information content (AvgIpc) is 2.02. The predicted molar refractivity (Wildman–Crippen MR) is 55.4 cm³/mol. The van der Waals surface area contributed by atoms with Gasteiger partial charge < -0.3 is 10.2 Å². The van der Waals surface area contributed by atoms with Crippen molar-refractivity contribution < 1.29 is 10.2 Å². The van der Waals surface area contributed by atoms with Gasteiger partial charge in [0.05, 0.1) is 12.2 Å². The summed E-state index contributed by atoms with van der Waals surface area (Å²) in [5.74, 6) is 0.392. The average molecular weight is 186 g/mol. The molecule has 0 radical (unpaired) electrons. The van der Waals surface area contributed by atoms with Crippen LogP contribution in [0, 0.1) is 11.8 Å². The second kappa shape index (κ2) is 5.40. The number of hydrogen-bond acceptors (Lipinski definition) is 2. The summed E-state index contributed by atoms with van der Waals surface area (Å²) in [6.07, 6.45) is -0.383.